The average Bonchev–Trinajstić information content (AvgIpc) is 3.10. The van der Waals surface area contributed by atoms with E-state index < -0.39 is 0 Å². The standard InChI is InChI=1S/C20H17N5OS2/c1-11-17(27-15(23-11)9-14(26)12-7-8-12)20-24-16(13-5-3-2-4-6-13)18(28-20)19-21-10-22-25-19/h2-6,10,12H,7-9H2,1H3,(H,21,22,25). The average molecular weight is 408 g/mol. The number of aromatic amines is 1. The number of ketones is 1. The maximum Gasteiger partial charge on any atom is 0.167 e. The van der Waals surface area contributed by atoms with Crippen molar-refractivity contribution in [3.8, 4) is 31.8 Å². The summed E-state index contributed by atoms with van der Waals surface area (Å²) in [5.41, 5.74) is 2.82. The zero-order valence-electron chi connectivity index (χ0n) is 15.2. The summed E-state index contributed by atoms with van der Waals surface area (Å²) in [4.78, 5) is 28.0. The van der Waals surface area contributed by atoms with Crippen LogP contribution in [0.5, 0.6) is 0 Å². The largest absolute Gasteiger partial charge is 0.299 e. The van der Waals surface area contributed by atoms with Crippen molar-refractivity contribution in [3.63, 3.8) is 0 Å². The topological polar surface area (TPSA) is 84.4 Å². The van der Waals surface area contributed by atoms with Crippen LogP contribution in [0.4, 0.5) is 0 Å². The molecule has 0 saturated heterocycles. The van der Waals surface area contributed by atoms with Gasteiger partial charge in [0.25, 0.3) is 0 Å². The Morgan fingerprint density at radius 3 is 2.68 bits per heavy atom. The Labute approximate surface area is 169 Å². The van der Waals surface area contributed by atoms with Gasteiger partial charge in [-0.2, -0.15) is 5.10 Å². The number of benzene rings is 1. The van der Waals surface area contributed by atoms with Gasteiger partial charge in [0, 0.05) is 11.5 Å². The summed E-state index contributed by atoms with van der Waals surface area (Å²) in [6.07, 6.45) is 4.00. The minimum Gasteiger partial charge on any atom is -0.299 e. The van der Waals surface area contributed by atoms with Crippen LogP contribution >= 0.6 is 22.7 Å². The predicted octanol–water partition coefficient (Wildman–Crippen LogP) is 4.55. The number of Topliss-reactive ketones (excluding diaryl/α,β-unsaturated/α-hetero) is 1. The number of nitrogens with one attached hydrogen (secondary N) is 1. The normalized spacial score (nSPS) is 13.8. The number of hydrogen-bond donors (Lipinski definition) is 1. The fourth-order valence-corrected chi connectivity index (χ4v) is 5.34. The maximum atomic E-state index is 12.2. The minimum atomic E-state index is 0.259. The van der Waals surface area contributed by atoms with Crippen LogP contribution in [0.1, 0.15) is 23.5 Å². The molecule has 8 heteroatoms. The second kappa shape index (κ2) is 7.03. The number of hydrogen-bond acceptors (Lipinski definition) is 7. The molecule has 3 heterocycles. The summed E-state index contributed by atoms with van der Waals surface area (Å²) in [6.45, 7) is 1.98. The number of carbonyl (C=O) groups excluding carboxylic acids is 1. The van der Waals surface area contributed by atoms with Gasteiger partial charge in [0.15, 0.2) is 5.82 Å². The predicted molar refractivity (Wildman–Crippen MR) is 110 cm³/mol. The molecule has 6 nitrogen and oxygen atoms in total. The van der Waals surface area contributed by atoms with Crippen LogP contribution in [-0.2, 0) is 11.2 Å². The number of nitrogens with zero attached hydrogens (tertiary/aromatic N) is 4. The SMILES string of the molecule is Cc1nc(CC(=O)C2CC2)sc1-c1nc(-c2ccccc2)c(-c2ncn[nH]2)s1. The molecule has 1 aromatic carbocycles. The highest BCUT2D eigenvalue weighted by Gasteiger charge is 2.30. The third-order valence-electron chi connectivity index (χ3n) is 4.70. The van der Waals surface area contributed by atoms with Crippen molar-refractivity contribution in [1.29, 1.82) is 0 Å². The summed E-state index contributed by atoms with van der Waals surface area (Å²) >= 11 is 3.14. The zero-order valence-corrected chi connectivity index (χ0v) is 16.8. The first kappa shape index (κ1) is 17.4. The summed E-state index contributed by atoms with van der Waals surface area (Å²) in [5.74, 6) is 1.27. The fraction of sp³-hybridized carbons (Fsp3) is 0.250. The molecule has 0 unspecified atom stereocenters. The Morgan fingerprint density at radius 1 is 1.14 bits per heavy atom. The lowest BCUT2D eigenvalue weighted by Gasteiger charge is -1.98. The first-order valence-corrected chi connectivity index (χ1v) is 10.7. The van der Waals surface area contributed by atoms with E-state index in [1.807, 2.05) is 37.3 Å². The van der Waals surface area contributed by atoms with Gasteiger partial charge < -0.3 is 0 Å². The van der Waals surface area contributed by atoms with Crippen LogP contribution in [0.25, 0.3) is 31.8 Å². The van der Waals surface area contributed by atoms with E-state index in [-0.39, 0.29) is 5.92 Å². The van der Waals surface area contributed by atoms with Crippen molar-refractivity contribution in [2.24, 2.45) is 5.92 Å². The number of aryl methyl sites for hydroxylation is 1. The Bertz CT molecular complexity index is 1130. The van der Waals surface area contributed by atoms with E-state index in [0.29, 0.717) is 18.0 Å². The Kier molecular flexibility index (Phi) is 4.37. The molecular formula is C20H17N5OS2. The van der Waals surface area contributed by atoms with E-state index in [1.165, 1.54) is 6.33 Å². The van der Waals surface area contributed by atoms with Crippen molar-refractivity contribution < 1.29 is 4.79 Å². The third-order valence-corrected chi connectivity index (χ3v) is 7.07. The first-order chi connectivity index (χ1) is 13.7. The molecular weight excluding hydrogens is 390 g/mol. The zero-order chi connectivity index (χ0) is 19.1. The van der Waals surface area contributed by atoms with Crippen molar-refractivity contribution >= 4 is 28.5 Å². The lowest BCUT2D eigenvalue weighted by Crippen LogP contribution is -2.04. The molecule has 3 aromatic heterocycles. The van der Waals surface area contributed by atoms with E-state index >= 15 is 0 Å². The molecule has 1 fully saturated rings. The van der Waals surface area contributed by atoms with Gasteiger partial charge in [-0.3, -0.25) is 9.89 Å². The van der Waals surface area contributed by atoms with E-state index in [0.717, 1.165) is 49.6 Å². The number of thiazole rings is 2. The number of rotatable bonds is 6. The summed E-state index contributed by atoms with van der Waals surface area (Å²) in [7, 11) is 0. The van der Waals surface area contributed by atoms with Crippen molar-refractivity contribution in [2.45, 2.75) is 26.2 Å². The van der Waals surface area contributed by atoms with Crippen LogP contribution in [0, 0.1) is 12.8 Å². The number of carbonyl (C=O) groups is 1. The van der Waals surface area contributed by atoms with Crippen molar-refractivity contribution in [2.75, 3.05) is 0 Å². The molecule has 28 heavy (non-hydrogen) atoms. The highest BCUT2D eigenvalue weighted by Crippen LogP contribution is 2.42. The van der Waals surface area contributed by atoms with Gasteiger partial charge in [-0.1, -0.05) is 30.3 Å². The first-order valence-electron chi connectivity index (χ1n) is 9.10. The van der Waals surface area contributed by atoms with Crippen LogP contribution in [0.3, 0.4) is 0 Å². The van der Waals surface area contributed by atoms with Gasteiger partial charge in [-0.05, 0) is 19.8 Å². The molecule has 4 aromatic rings. The molecule has 140 valence electrons. The number of H-pyrrole nitrogens is 1. The fourth-order valence-electron chi connectivity index (χ4n) is 3.11. The summed E-state index contributed by atoms with van der Waals surface area (Å²) < 4.78 is 0. The molecule has 5 rings (SSSR count). The molecule has 0 spiro atoms. The van der Waals surface area contributed by atoms with Crippen molar-refractivity contribution in [3.05, 3.63) is 47.4 Å². The monoisotopic (exact) mass is 407 g/mol. The second-order valence-corrected chi connectivity index (χ2v) is 8.92. The molecule has 0 bridgehead atoms. The van der Waals surface area contributed by atoms with Crippen LogP contribution in [0.15, 0.2) is 36.7 Å². The van der Waals surface area contributed by atoms with Gasteiger partial charge in [0.1, 0.15) is 22.1 Å². The second-order valence-electron chi connectivity index (χ2n) is 6.84. The lowest BCUT2D eigenvalue weighted by molar-refractivity contribution is -0.119. The molecule has 0 radical (unpaired) electrons. The summed E-state index contributed by atoms with van der Waals surface area (Å²) in [5, 5.41) is 8.70. The summed E-state index contributed by atoms with van der Waals surface area (Å²) in [6, 6.07) is 10.1. The Morgan fingerprint density at radius 2 is 1.96 bits per heavy atom. The van der Waals surface area contributed by atoms with Gasteiger partial charge >= 0.3 is 0 Å². The molecule has 0 aliphatic heterocycles. The van der Waals surface area contributed by atoms with Gasteiger partial charge in [0.2, 0.25) is 0 Å². The smallest absolute Gasteiger partial charge is 0.167 e. The van der Waals surface area contributed by atoms with E-state index in [9.17, 15) is 4.79 Å². The molecule has 1 aliphatic rings. The van der Waals surface area contributed by atoms with Gasteiger partial charge in [0.05, 0.1) is 27.6 Å². The van der Waals surface area contributed by atoms with Gasteiger partial charge in [-0.25, -0.2) is 15.0 Å². The molecule has 1 N–H and O–H groups in total. The van der Waals surface area contributed by atoms with Crippen LogP contribution in [-0.4, -0.2) is 30.9 Å². The Hall–Kier alpha value is -2.71. The van der Waals surface area contributed by atoms with Gasteiger partial charge in [-0.15, -0.1) is 22.7 Å². The lowest BCUT2D eigenvalue weighted by atomic mass is 10.1. The van der Waals surface area contributed by atoms with E-state index in [2.05, 4.69) is 20.2 Å². The minimum absolute atomic E-state index is 0.259. The van der Waals surface area contributed by atoms with E-state index in [4.69, 9.17) is 4.98 Å². The highest BCUT2D eigenvalue weighted by molar-refractivity contribution is 7.23. The van der Waals surface area contributed by atoms with E-state index in [1.54, 1.807) is 22.7 Å². The Balaban J connectivity index is 1.55. The van der Waals surface area contributed by atoms with Crippen LogP contribution < -0.4 is 0 Å². The van der Waals surface area contributed by atoms with Crippen LogP contribution in [0.2, 0.25) is 0 Å². The molecule has 1 aliphatic carbocycles. The molecule has 0 amide bonds. The van der Waals surface area contributed by atoms with Crippen molar-refractivity contribution in [1.82, 2.24) is 25.1 Å². The third kappa shape index (κ3) is 3.29. The molecule has 1 saturated carbocycles. The highest BCUT2D eigenvalue weighted by atomic mass is 32.1. The quantitative estimate of drug-likeness (QED) is 0.507. The number of aromatic nitrogens is 5. The maximum absolute atomic E-state index is 12.2. The molecule has 0 atom stereocenters.